The Morgan fingerprint density at radius 1 is 1.64 bits per heavy atom. The molecule has 1 aliphatic rings. The van der Waals surface area contributed by atoms with Crippen LogP contribution in [0.15, 0.2) is 4.99 Å². The molecule has 0 aromatic heterocycles. The van der Waals surface area contributed by atoms with Gasteiger partial charge in [0.15, 0.2) is 5.17 Å². The minimum atomic E-state index is 0.317. The molecule has 0 bridgehead atoms. The first-order valence-electron chi connectivity index (χ1n) is 5.21. The third kappa shape index (κ3) is 4.86. The van der Waals surface area contributed by atoms with Crippen molar-refractivity contribution >= 4 is 16.9 Å². The van der Waals surface area contributed by atoms with Crippen molar-refractivity contribution < 1.29 is 4.74 Å². The first kappa shape index (κ1) is 11.9. The lowest BCUT2D eigenvalue weighted by atomic mass is 10.2. The highest BCUT2D eigenvalue weighted by molar-refractivity contribution is 8.13. The monoisotopic (exact) mass is 216 g/mol. The van der Waals surface area contributed by atoms with E-state index in [1.165, 1.54) is 5.75 Å². The molecule has 0 saturated carbocycles. The molecule has 0 fully saturated rings. The van der Waals surface area contributed by atoms with Crippen LogP contribution in [0.5, 0.6) is 0 Å². The zero-order valence-corrected chi connectivity index (χ0v) is 10.1. The van der Waals surface area contributed by atoms with Crippen LogP contribution in [0.3, 0.4) is 0 Å². The molecule has 0 spiro atoms. The summed E-state index contributed by atoms with van der Waals surface area (Å²) in [6.45, 7) is 8.91. The molecule has 1 aliphatic heterocycles. The number of ether oxygens (including phenoxy) is 1. The average Bonchev–Trinajstić information content (AvgIpc) is 2.15. The lowest BCUT2D eigenvalue weighted by Gasteiger charge is -2.18. The molecule has 0 aliphatic carbocycles. The van der Waals surface area contributed by atoms with Gasteiger partial charge in [0.2, 0.25) is 0 Å². The molecule has 1 N–H and O–H groups in total. The molecule has 0 radical (unpaired) electrons. The van der Waals surface area contributed by atoms with Gasteiger partial charge < -0.3 is 10.1 Å². The van der Waals surface area contributed by atoms with Crippen molar-refractivity contribution in [1.29, 1.82) is 0 Å². The largest absolute Gasteiger partial charge is 0.377 e. The fraction of sp³-hybridized carbons (Fsp3) is 0.900. The summed E-state index contributed by atoms with van der Waals surface area (Å²) in [4.78, 5) is 4.44. The van der Waals surface area contributed by atoms with E-state index in [4.69, 9.17) is 4.74 Å². The van der Waals surface area contributed by atoms with E-state index in [0.717, 1.165) is 30.8 Å². The van der Waals surface area contributed by atoms with Crippen LogP contribution in [0.4, 0.5) is 0 Å². The molecule has 0 aromatic carbocycles. The van der Waals surface area contributed by atoms with Crippen LogP contribution >= 0.6 is 11.8 Å². The third-order valence-electron chi connectivity index (χ3n) is 1.88. The van der Waals surface area contributed by atoms with Gasteiger partial charge in [0, 0.05) is 18.8 Å². The van der Waals surface area contributed by atoms with E-state index in [-0.39, 0.29) is 0 Å². The number of rotatable bonds is 4. The summed E-state index contributed by atoms with van der Waals surface area (Å²) < 4.78 is 5.43. The highest BCUT2D eigenvalue weighted by atomic mass is 32.2. The van der Waals surface area contributed by atoms with E-state index in [9.17, 15) is 0 Å². The normalized spacial score (nSPS) is 22.3. The summed E-state index contributed by atoms with van der Waals surface area (Å²) >= 11 is 1.81. The Hall–Kier alpha value is -0.220. The summed E-state index contributed by atoms with van der Waals surface area (Å²) in [5, 5.41) is 4.36. The Balaban J connectivity index is 2.07. The maximum absolute atomic E-state index is 5.43. The minimum Gasteiger partial charge on any atom is -0.377 e. The number of hydrogen-bond donors (Lipinski definition) is 1. The van der Waals surface area contributed by atoms with Gasteiger partial charge in [-0.25, -0.2) is 0 Å². The molecular formula is C10H20N2OS. The fourth-order valence-electron chi connectivity index (χ4n) is 1.12. The summed E-state index contributed by atoms with van der Waals surface area (Å²) in [5.41, 5.74) is 0. The van der Waals surface area contributed by atoms with Gasteiger partial charge in [-0.05, 0) is 19.8 Å². The first-order chi connectivity index (χ1) is 6.68. The zero-order valence-electron chi connectivity index (χ0n) is 9.25. The highest BCUT2D eigenvalue weighted by Crippen LogP contribution is 2.15. The SMILES string of the molecule is CC1CN=C(NCCOC(C)C)SC1. The van der Waals surface area contributed by atoms with Crippen LogP contribution in [0.25, 0.3) is 0 Å². The second-order valence-electron chi connectivity index (χ2n) is 3.91. The summed E-state index contributed by atoms with van der Waals surface area (Å²) in [6.07, 6.45) is 0.317. The minimum absolute atomic E-state index is 0.317. The molecule has 0 saturated heterocycles. The molecule has 1 atom stereocenters. The van der Waals surface area contributed by atoms with E-state index in [1.54, 1.807) is 0 Å². The zero-order chi connectivity index (χ0) is 10.4. The molecule has 14 heavy (non-hydrogen) atoms. The molecule has 4 heteroatoms. The maximum Gasteiger partial charge on any atom is 0.156 e. The van der Waals surface area contributed by atoms with Crippen LogP contribution in [0.2, 0.25) is 0 Å². The average molecular weight is 216 g/mol. The van der Waals surface area contributed by atoms with Gasteiger partial charge in [-0.2, -0.15) is 0 Å². The molecule has 3 nitrogen and oxygen atoms in total. The van der Waals surface area contributed by atoms with Gasteiger partial charge in [-0.15, -0.1) is 0 Å². The molecule has 1 rings (SSSR count). The van der Waals surface area contributed by atoms with Crippen LogP contribution in [-0.2, 0) is 4.74 Å². The van der Waals surface area contributed by atoms with E-state index in [0.29, 0.717) is 6.10 Å². The third-order valence-corrected chi connectivity index (χ3v) is 3.16. The fourth-order valence-corrected chi connectivity index (χ4v) is 2.04. The van der Waals surface area contributed by atoms with Crippen molar-refractivity contribution in [1.82, 2.24) is 5.32 Å². The molecule has 0 amide bonds. The summed E-state index contributed by atoms with van der Waals surface area (Å²) in [6, 6.07) is 0. The van der Waals surface area contributed by atoms with Gasteiger partial charge in [0.1, 0.15) is 0 Å². The Morgan fingerprint density at radius 3 is 3.00 bits per heavy atom. The molecular weight excluding hydrogens is 196 g/mol. The number of nitrogens with zero attached hydrogens (tertiary/aromatic N) is 1. The van der Waals surface area contributed by atoms with Gasteiger partial charge in [-0.3, -0.25) is 4.99 Å². The number of aliphatic imine (C=N–C) groups is 1. The lowest BCUT2D eigenvalue weighted by molar-refractivity contribution is 0.0831. The van der Waals surface area contributed by atoms with Gasteiger partial charge >= 0.3 is 0 Å². The van der Waals surface area contributed by atoms with Crippen molar-refractivity contribution in [2.24, 2.45) is 10.9 Å². The van der Waals surface area contributed by atoms with Crippen molar-refractivity contribution in [3.8, 4) is 0 Å². The molecule has 0 aromatic rings. The second kappa shape index (κ2) is 6.30. The van der Waals surface area contributed by atoms with Gasteiger partial charge in [0.25, 0.3) is 0 Å². The van der Waals surface area contributed by atoms with Crippen LogP contribution in [-0.4, -0.2) is 36.7 Å². The van der Waals surface area contributed by atoms with Crippen molar-refractivity contribution in [2.45, 2.75) is 26.9 Å². The van der Waals surface area contributed by atoms with Crippen LogP contribution < -0.4 is 5.32 Å². The summed E-state index contributed by atoms with van der Waals surface area (Å²) in [7, 11) is 0. The van der Waals surface area contributed by atoms with E-state index in [1.807, 2.05) is 11.8 Å². The molecule has 1 unspecified atom stereocenters. The van der Waals surface area contributed by atoms with Crippen molar-refractivity contribution in [2.75, 3.05) is 25.4 Å². The Bertz CT molecular complexity index is 195. The number of nitrogens with one attached hydrogen (secondary N) is 1. The lowest BCUT2D eigenvalue weighted by Crippen LogP contribution is -2.29. The van der Waals surface area contributed by atoms with Gasteiger partial charge in [0.05, 0.1) is 12.7 Å². The summed E-state index contributed by atoms with van der Waals surface area (Å²) in [5.74, 6) is 1.90. The van der Waals surface area contributed by atoms with Crippen molar-refractivity contribution in [3.05, 3.63) is 0 Å². The number of amidine groups is 1. The molecule has 1 heterocycles. The van der Waals surface area contributed by atoms with Crippen LogP contribution in [0, 0.1) is 5.92 Å². The Morgan fingerprint density at radius 2 is 2.43 bits per heavy atom. The Labute approximate surface area is 90.7 Å². The Kier molecular flexibility index (Phi) is 5.33. The molecule has 82 valence electrons. The van der Waals surface area contributed by atoms with Crippen molar-refractivity contribution in [3.63, 3.8) is 0 Å². The van der Waals surface area contributed by atoms with E-state index < -0.39 is 0 Å². The second-order valence-corrected chi connectivity index (χ2v) is 4.92. The standard InChI is InChI=1S/C10H20N2OS/c1-8(2)13-5-4-11-10-12-6-9(3)7-14-10/h8-9H,4-7H2,1-3H3,(H,11,12). The highest BCUT2D eigenvalue weighted by Gasteiger charge is 2.11. The quantitative estimate of drug-likeness (QED) is 0.727. The van der Waals surface area contributed by atoms with Gasteiger partial charge in [-0.1, -0.05) is 18.7 Å². The first-order valence-corrected chi connectivity index (χ1v) is 6.19. The van der Waals surface area contributed by atoms with E-state index >= 15 is 0 Å². The number of hydrogen-bond acceptors (Lipinski definition) is 4. The predicted molar refractivity (Wildman–Crippen MR) is 63.0 cm³/mol. The topological polar surface area (TPSA) is 33.6 Å². The van der Waals surface area contributed by atoms with E-state index in [2.05, 4.69) is 31.1 Å². The predicted octanol–water partition coefficient (Wildman–Crippen LogP) is 1.74. The van der Waals surface area contributed by atoms with Crippen LogP contribution in [0.1, 0.15) is 20.8 Å². The number of thioether (sulfide) groups is 1. The smallest absolute Gasteiger partial charge is 0.156 e. The maximum atomic E-state index is 5.43.